The van der Waals surface area contributed by atoms with Gasteiger partial charge in [-0.25, -0.2) is 0 Å². The maximum atomic E-state index is 12.1. The molecule has 1 saturated heterocycles. The van der Waals surface area contributed by atoms with Crippen molar-refractivity contribution < 1.29 is 9.59 Å². The molecule has 3 unspecified atom stereocenters. The lowest BCUT2D eigenvalue weighted by Crippen LogP contribution is -2.63. The van der Waals surface area contributed by atoms with Crippen LogP contribution in [0.4, 0.5) is 0 Å². The molecule has 1 aliphatic rings. The van der Waals surface area contributed by atoms with Crippen LogP contribution in [-0.2, 0) is 9.59 Å². The molecule has 2 amide bonds. The Kier molecular flexibility index (Phi) is 4.33. The lowest BCUT2D eigenvalue weighted by molar-refractivity contribution is -0.151. The monoisotopic (exact) mass is 226 g/mol. The number of hydrogen-bond donors (Lipinski definition) is 1. The zero-order valence-corrected chi connectivity index (χ0v) is 10.6. The Morgan fingerprint density at radius 3 is 2.44 bits per heavy atom. The Labute approximate surface area is 97.4 Å². The van der Waals surface area contributed by atoms with Gasteiger partial charge in [-0.05, 0) is 26.7 Å². The summed E-state index contributed by atoms with van der Waals surface area (Å²) >= 11 is 0. The van der Waals surface area contributed by atoms with Gasteiger partial charge in [0.05, 0.1) is 0 Å². The summed E-state index contributed by atoms with van der Waals surface area (Å²) in [5.41, 5.74) is 0. The molecule has 0 aromatic carbocycles. The van der Waals surface area contributed by atoms with E-state index in [0.29, 0.717) is 0 Å². The third kappa shape index (κ3) is 2.36. The summed E-state index contributed by atoms with van der Waals surface area (Å²) < 4.78 is 0. The van der Waals surface area contributed by atoms with Crippen molar-refractivity contribution in [2.24, 2.45) is 0 Å². The van der Waals surface area contributed by atoms with Crippen molar-refractivity contribution in [1.29, 1.82) is 0 Å². The van der Waals surface area contributed by atoms with Crippen LogP contribution in [0.1, 0.15) is 47.0 Å². The first kappa shape index (κ1) is 13.0. The van der Waals surface area contributed by atoms with E-state index >= 15 is 0 Å². The topological polar surface area (TPSA) is 49.4 Å². The number of amides is 2. The standard InChI is InChI=1S/C12H22N2O2/c1-5-7-10(6-2)14-9(4)11(15)13-8(3)12(14)16/h8-10H,5-7H2,1-4H3,(H,13,15). The summed E-state index contributed by atoms with van der Waals surface area (Å²) in [6.45, 7) is 7.72. The van der Waals surface area contributed by atoms with E-state index in [0.717, 1.165) is 19.3 Å². The van der Waals surface area contributed by atoms with Crippen LogP contribution in [0, 0.1) is 0 Å². The Balaban J connectivity index is 2.87. The zero-order chi connectivity index (χ0) is 12.3. The Bertz CT molecular complexity index is 278. The number of piperazine rings is 1. The van der Waals surface area contributed by atoms with E-state index in [-0.39, 0.29) is 29.9 Å². The fourth-order valence-corrected chi connectivity index (χ4v) is 2.31. The van der Waals surface area contributed by atoms with Crippen LogP contribution in [0.25, 0.3) is 0 Å². The average Bonchev–Trinajstić information content (AvgIpc) is 2.25. The second-order valence-corrected chi connectivity index (χ2v) is 4.50. The van der Waals surface area contributed by atoms with Crippen molar-refractivity contribution in [2.75, 3.05) is 0 Å². The van der Waals surface area contributed by atoms with Crippen molar-refractivity contribution in [3.05, 3.63) is 0 Å². The van der Waals surface area contributed by atoms with E-state index in [1.165, 1.54) is 0 Å². The number of carbonyl (C=O) groups is 2. The summed E-state index contributed by atoms with van der Waals surface area (Å²) in [5, 5.41) is 2.70. The summed E-state index contributed by atoms with van der Waals surface area (Å²) in [6, 6.07) is -0.518. The van der Waals surface area contributed by atoms with Crippen LogP contribution in [0.3, 0.4) is 0 Å². The predicted molar refractivity (Wildman–Crippen MR) is 62.9 cm³/mol. The Morgan fingerprint density at radius 2 is 1.94 bits per heavy atom. The Morgan fingerprint density at radius 1 is 1.31 bits per heavy atom. The molecule has 0 radical (unpaired) electrons. The smallest absolute Gasteiger partial charge is 0.245 e. The van der Waals surface area contributed by atoms with Gasteiger partial charge < -0.3 is 10.2 Å². The van der Waals surface area contributed by atoms with E-state index in [1.54, 1.807) is 18.7 Å². The van der Waals surface area contributed by atoms with Crippen molar-refractivity contribution in [2.45, 2.75) is 65.1 Å². The molecule has 0 aromatic heterocycles. The van der Waals surface area contributed by atoms with Crippen molar-refractivity contribution >= 4 is 11.8 Å². The number of hydrogen-bond acceptors (Lipinski definition) is 2. The molecule has 1 aliphatic heterocycles. The first-order valence-corrected chi connectivity index (χ1v) is 6.15. The van der Waals surface area contributed by atoms with Gasteiger partial charge >= 0.3 is 0 Å². The molecule has 3 atom stereocenters. The maximum Gasteiger partial charge on any atom is 0.245 e. The van der Waals surface area contributed by atoms with Crippen molar-refractivity contribution in [3.8, 4) is 0 Å². The molecular formula is C12H22N2O2. The highest BCUT2D eigenvalue weighted by atomic mass is 16.2. The molecule has 4 heteroatoms. The first-order valence-electron chi connectivity index (χ1n) is 6.15. The molecule has 0 bridgehead atoms. The molecule has 0 saturated carbocycles. The quantitative estimate of drug-likeness (QED) is 0.785. The minimum Gasteiger partial charge on any atom is -0.343 e. The lowest BCUT2D eigenvalue weighted by Gasteiger charge is -2.41. The molecule has 1 heterocycles. The molecule has 4 nitrogen and oxygen atoms in total. The molecule has 0 aliphatic carbocycles. The number of carbonyl (C=O) groups excluding carboxylic acids is 2. The van der Waals surface area contributed by atoms with Crippen LogP contribution in [-0.4, -0.2) is 34.8 Å². The van der Waals surface area contributed by atoms with E-state index in [9.17, 15) is 9.59 Å². The van der Waals surface area contributed by atoms with Gasteiger partial charge in [0, 0.05) is 6.04 Å². The third-order valence-electron chi connectivity index (χ3n) is 3.27. The van der Waals surface area contributed by atoms with Gasteiger partial charge in [-0.1, -0.05) is 20.3 Å². The van der Waals surface area contributed by atoms with Crippen molar-refractivity contribution in [3.63, 3.8) is 0 Å². The highest BCUT2D eigenvalue weighted by molar-refractivity contribution is 5.96. The SMILES string of the molecule is CCCC(CC)N1C(=O)C(C)NC(=O)C1C. The van der Waals surface area contributed by atoms with E-state index < -0.39 is 0 Å². The second-order valence-electron chi connectivity index (χ2n) is 4.50. The molecule has 92 valence electrons. The van der Waals surface area contributed by atoms with Crippen LogP contribution in [0.2, 0.25) is 0 Å². The summed E-state index contributed by atoms with van der Waals surface area (Å²) in [6.07, 6.45) is 2.90. The molecule has 16 heavy (non-hydrogen) atoms. The van der Waals surface area contributed by atoms with E-state index in [4.69, 9.17) is 0 Å². The number of rotatable bonds is 4. The Hall–Kier alpha value is -1.06. The molecule has 1 rings (SSSR count). The van der Waals surface area contributed by atoms with Crippen molar-refractivity contribution in [1.82, 2.24) is 10.2 Å². The van der Waals surface area contributed by atoms with Crippen LogP contribution in [0.15, 0.2) is 0 Å². The second kappa shape index (κ2) is 5.32. The van der Waals surface area contributed by atoms with Gasteiger partial charge in [0.2, 0.25) is 11.8 Å². The molecule has 0 aromatic rings. The number of nitrogens with one attached hydrogen (secondary N) is 1. The lowest BCUT2D eigenvalue weighted by atomic mass is 10.0. The summed E-state index contributed by atoms with van der Waals surface area (Å²) in [4.78, 5) is 25.5. The minimum atomic E-state index is -0.380. The predicted octanol–water partition coefficient (Wildman–Crippen LogP) is 1.30. The molecule has 1 fully saturated rings. The van der Waals surface area contributed by atoms with E-state index in [1.807, 2.05) is 0 Å². The molecule has 1 N–H and O–H groups in total. The van der Waals surface area contributed by atoms with Gasteiger partial charge in [0.15, 0.2) is 0 Å². The zero-order valence-electron chi connectivity index (χ0n) is 10.6. The average molecular weight is 226 g/mol. The van der Waals surface area contributed by atoms with Gasteiger partial charge in [-0.15, -0.1) is 0 Å². The van der Waals surface area contributed by atoms with Gasteiger partial charge in [-0.3, -0.25) is 9.59 Å². The fourth-order valence-electron chi connectivity index (χ4n) is 2.31. The molecular weight excluding hydrogens is 204 g/mol. The number of nitrogens with zero attached hydrogens (tertiary/aromatic N) is 1. The third-order valence-corrected chi connectivity index (χ3v) is 3.27. The highest BCUT2D eigenvalue weighted by Gasteiger charge is 2.38. The largest absolute Gasteiger partial charge is 0.343 e. The van der Waals surface area contributed by atoms with Crippen LogP contribution >= 0.6 is 0 Å². The summed E-state index contributed by atoms with van der Waals surface area (Å²) in [5.74, 6) is 0.00838. The first-order chi connectivity index (χ1) is 7.52. The fraction of sp³-hybridized carbons (Fsp3) is 0.833. The van der Waals surface area contributed by atoms with Gasteiger partial charge in [0.1, 0.15) is 12.1 Å². The normalized spacial score (nSPS) is 27.9. The van der Waals surface area contributed by atoms with Crippen LogP contribution in [0.5, 0.6) is 0 Å². The minimum absolute atomic E-state index is 0.0401. The van der Waals surface area contributed by atoms with E-state index in [2.05, 4.69) is 19.2 Å². The maximum absolute atomic E-state index is 12.1. The highest BCUT2D eigenvalue weighted by Crippen LogP contribution is 2.19. The van der Waals surface area contributed by atoms with Gasteiger partial charge in [-0.2, -0.15) is 0 Å². The van der Waals surface area contributed by atoms with Crippen LogP contribution < -0.4 is 5.32 Å². The summed E-state index contributed by atoms with van der Waals surface area (Å²) in [7, 11) is 0. The molecule has 0 spiro atoms. The van der Waals surface area contributed by atoms with Gasteiger partial charge in [0.25, 0.3) is 0 Å².